The van der Waals surface area contributed by atoms with E-state index >= 15 is 0 Å². The van der Waals surface area contributed by atoms with E-state index in [9.17, 15) is 14.4 Å². The highest BCUT2D eigenvalue weighted by atomic mass is 16.5. The summed E-state index contributed by atoms with van der Waals surface area (Å²) >= 11 is 0. The molecule has 2 amide bonds. The molecule has 1 aliphatic rings. The standard InChI is InChI=1S/C19H24N2O7/c1-5-13-16(18(23)27-6-2)14(21-19(24)20-13)10-28-17(22)12-9-11(25-3)7-8-15(12)26-4/h7-9,13H,5-6,10H2,1-4H3,(H2,20,21,24)/t13-/m0/s1. The Balaban J connectivity index is 2.27. The molecular weight excluding hydrogens is 368 g/mol. The molecule has 0 aliphatic carbocycles. The van der Waals surface area contributed by atoms with Crippen LogP contribution in [0.15, 0.2) is 29.5 Å². The second kappa shape index (κ2) is 9.63. The van der Waals surface area contributed by atoms with Gasteiger partial charge in [-0.2, -0.15) is 0 Å². The molecule has 2 rings (SSSR count). The Hall–Kier alpha value is -3.23. The van der Waals surface area contributed by atoms with E-state index in [4.69, 9.17) is 18.9 Å². The first kappa shape index (κ1) is 21.1. The minimum Gasteiger partial charge on any atom is -0.497 e. The smallest absolute Gasteiger partial charge is 0.342 e. The monoisotopic (exact) mass is 392 g/mol. The van der Waals surface area contributed by atoms with Gasteiger partial charge >= 0.3 is 18.0 Å². The molecule has 9 nitrogen and oxygen atoms in total. The Morgan fingerprint density at radius 1 is 1.07 bits per heavy atom. The molecular formula is C19H24N2O7. The van der Waals surface area contributed by atoms with Crippen molar-refractivity contribution < 1.29 is 33.3 Å². The van der Waals surface area contributed by atoms with Crippen LogP contribution in [0.1, 0.15) is 30.6 Å². The van der Waals surface area contributed by atoms with Crippen LogP contribution >= 0.6 is 0 Å². The molecule has 1 aromatic carbocycles. The lowest BCUT2D eigenvalue weighted by Gasteiger charge is -2.28. The third kappa shape index (κ3) is 4.73. The van der Waals surface area contributed by atoms with Crippen LogP contribution in [0.4, 0.5) is 4.79 Å². The molecule has 0 spiro atoms. The van der Waals surface area contributed by atoms with Crippen molar-refractivity contribution in [2.75, 3.05) is 27.4 Å². The average Bonchev–Trinajstić information content (AvgIpc) is 2.70. The van der Waals surface area contributed by atoms with E-state index < -0.39 is 24.0 Å². The minimum atomic E-state index is -0.688. The molecule has 0 aromatic heterocycles. The van der Waals surface area contributed by atoms with Gasteiger partial charge < -0.3 is 29.6 Å². The average molecular weight is 392 g/mol. The Morgan fingerprint density at radius 2 is 1.82 bits per heavy atom. The normalized spacial score (nSPS) is 16.0. The lowest BCUT2D eigenvalue weighted by Crippen LogP contribution is -2.51. The zero-order valence-corrected chi connectivity index (χ0v) is 16.3. The quantitative estimate of drug-likeness (QED) is 0.649. The highest BCUT2D eigenvalue weighted by Gasteiger charge is 2.32. The lowest BCUT2D eigenvalue weighted by atomic mass is 10.0. The van der Waals surface area contributed by atoms with Gasteiger partial charge in [0.05, 0.1) is 38.1 Å². The van der Waals surface area contributed by atoms with Gasteiger partial charge in [0.2, 0.25) is 0 Å². The number of hydrogen-bond donors (Lipinski definition) is 2. The largest absolute Gasteiger partial charge is 0.497 e. The Bertz CT molecular complexity index is 788. The number of nitrogens with one attached hydrogen (secondary N) is 2. The fraction of sp³-hybridized carbons (Fsp3) is 0.421. The summed E-state index contributed by atoms with van der Waals surface area (Å²) in [4.78, 5) is 36.8. The first-order valence-corrected chi connectivity index (χ1v) is 8.81. The number of amides is 2. The summed E-state index contributed by atoms with van der Waals surface area (Å²) in [6, 6.07) is 3.70. The molecule has 0 fully saturated rings. The van der Waals surface area contributed by atoms with Gasteiger partial charge in [-0.3, -0.25) is 0 Å². The minimum absolute atomic E-state index is 0.160. The molecule has 9 heteroatoms. The highest BCUT2D eigenvalue weighted by molar-refractivity contribution is 5.96. The molecule has 1 aromatic rings. The second-order valence-corrected chi connectivity index (χ2v) is 5.81. The Labute approximate surface area is 163 Å². The molecule has 0 unspecified atom stereocenters. The number of urea groups is 1. The molecule has 0 saturated carbocycles. The summed E-state index contributed by atoms with van der Waals surface area (Å²) in [6.07, 6.45) is 0.475. The van der Waals surface area contributed by atoms with Gasteiger partial charge in [-0.15, -0.1) is 0 Å². The predicted octanol–water partition coefficient (Wildman–Crippen LogP) is 1.77. The summed E-state index contributed by atoms with van der Waals surface area (Å²) in [5.41, 5.74) is 0.575. The van der Waals surface area contributed by atoms with Gasteiger partial charge in [0, 0.05) is 0 Å². The summed E-state index contributed by atoms with van der Waals surface area (Å²) in [5.74, 6) is -0.495. The van der Waals surface area contributed by atoms with Crippen LogP contribution < -0.4 is 20.1 Å². The van der Waals surface area contributed by atoms with E-state index in [1.54, 1.807) is 19.1 Å². The fourth-order valence-electron chi connectivity index (χ4n) is 2.76. The van der Waals surface area contributed by atoms with E-state index in [0.29, 0.717) is 17.9 Å². The fourth-order valence-corrected chi connectivity index (χ4v) is 2.76. The van der Waals surface area contributed by atoms with E-state index in [1.165, 1.54) is 20.3 Å². The lowest BCUT2D eigenvalue weighted by molar-refractivity contribution is -0.139. The number of carbonyl (C=O) groups excluding carboxylic acids is 3. The van der Waals surface area contributed by atoms with Crippen LogP contribution in [0.2, 0.25) is 0 Å². The van der Waals surface area contributed by atoms with Crippen molar-refractivity contribution in [3.8, 4) is 11.5 Å². The van der Waals surface area contributed by atoms with Crippen LogP contribution in [0.5, 0.6) is 11.5 Å². The van der Waals surface area contributed by atoms with Crippen molar-refractivity contribution in [2.45, 2.75) is 26.3 Å². The van der Waals surface area contributed by atoms with Crippen molar-refractivity contribution >= 4 is 18.0 Å². The third-order valence-corrected chi connectivity index (χ3v) is 4.12. The molecule has 1 aliphatic heterocycles. The molecule has 1 atom stereocenters. The van der Waals surface area contributed by atoms with E-state index in [-0.39, 0.29) is 30.0 Å². The molecule has 2 N–H and O–H groups in total. The number of esters is 2. The van der Waals surface area contributed by atoms with Gasteiger partial charge in [0.1, 0.15) is 23.7 Å². The van der Waals surface area contributed by atoms with E-state index in [1.807, 2.05) is 6.92 Å². The zero-order chi connectivity index (χ0) is 20.7. The first-order chi connectivity index (χ1) is 13.4. The SMILES string of the molecule is CCOC(=O)C1=C(COC(=O)c2cc(OC)ccc2OC)NC(=O)N[C@H]1CC. The third-order valence-electron chi connectivity index (χ3n) is 4.12. The van der Waals surface area contributed by atoms with Gasteiger partial charge in [0.25, 0.3) is 0 Å². The van der Waals surface area contributed by atoms with Gasteiger partial charge in [-0.05, 0) is 31.5 Å². The van der Waals surface area contributed by atoms with Crippen LogP contribution in [0, 0.1) is 0 Å². The summed E-state index contributed by atoms with van der Waals surface area (Å²) in [5, 5.41) is 5.18. The summed E-state index contributed by atoms with van der Waals surface area (Å²) in [6.45, 7) is 3.38. The van der Waals surface area contributed by atoms with E-state index in [2.05, 4.69) is 10.6 Å². The van der Waals surface area contributed by atoms with Crippen LogP contribution in [-0.4, -0.2) is 51.4 Å². The Morgan fingerprint density at radius 3 is 2.43 bits per heavy atom. The number of methoxy groups -OCH3 is 2. The zero-order valence-electron chi connectivity index (χ0n) is 16.3. The predicted molar refractivity (Wildman–Crippen MR) is 99.2 cm³/mol. The van der Waals surface area contributed by atoms with Crippen molar-refractivity contribution in [3.05, 3.63) is 35.0 Å². The maximum atomic E-state index is 12.5. The molecule has 28 heavy (non-hydrogen) atoms. The molecule has 1 heterocycles. The van der Waals surface area contributed by atoms with Crippen LogP contribution in [0.25, 0.3) is 0 Å². The highest BCUT2D eigenvalue weighted by Crippen LogP contribution is 2.25. The molecule has 152 valence electrons. The summed E-state index contributed by atoms with van der Waals surface area (Å²) < 4.78 is 20.7. The van der Waals surface area contributed by atoms with Gasteiger partial charge in [0.15, 0.2) is 0 Å². The number of benzene rings is 1. The number of hydrogen-bond acceptors (Lipinski definition) is 7. The van der Waals surface area contributed by atoms with Gasteiger partial charge in [-0.25, -0.2) is 14.4 Å². The number of rotatable bonds is 8. The maximum Gasteiger partial charge on any atom is 0.342 e. The first-order valence-electron chi connectivity index (χ1n) is 8.81. The van der Waals surface area contributed by atoms with Crippen molar-refractivity contribution in [1.82, 2.24) is 10.6 Å². The van der Waals surface area contributed by atoms with Crippen LogP contribution in [-0.2, 0) is 14.3 Å². The van der Waals surface area contributed by atoms with Gasteiger partial charge in [-0.1, -0.05) is 6.92 Å². The Kier molecular flexibility index (Phi) is 7.25. The van der Waals surface area contributed by atoms with Crippen molar-refractivity contribution in [3.63, 3.8) is 0 Å². The van der Waals surface area contributed by atoms with Crippen molar-refractivity contribution in [2.24, 2.45) is 0 Å². The van der Waals surface area contributed by atoms with E-state index in [0.717, 1.165) is 0 Å². The molecule has 0 radical (unpaired) electrons. The molecule has 0 saturated heterocycles. The summed E-state index contributed by atoms with van der Waals surface area (Å²) in [7, 11) is 2.90. The van der Waals surface area contributed by atoms with Crippen LogP contribution in [0.3, 0.4) is 0 Å². The maximum absolute atomic E-state index is 12.5. The molecule has 0 bridgehead atoms. The van der Waals surface area contributed by atoms with Crippen molar-refractivity contribution in [1.29, 1.82) is 0 Å². The topological polar surface area (TPSA) is 112 Å². The number of ether oxygens (including phenoxy) is 4. The number of carbonyl (C=O) groups is 3. The second-order valence-electron chi connectivity index (χ2n) is 5.81.